The molecule has 1 spiro atoms. The van der Waals surface area contributed by atoms with Gasteiger partial charge in [-0.05, 0) is 39.0 Å². The van der Waals surface area contributed by atoms with Crippen LogP contribution in [0.4, 0.5) is 0 Å². The van der Waals surface area contributed by atoms with Crippen molar-refractivity contribution < 1.29 is 4.74 Å². The Bertz CT molecular complexity index is 306. The van der Waals surface area contributed by atoms with E-state index in [9.17, 15) is 0 Å². The molecule has 1 saturated carbocycles. The van der Waals surface area contributed by atoms with Crippen LogP contribution in [-0.4, -0.2) is 48.3 Å². The fraction of sp³-hybridized carbons (Fsp3) is 1.00. The molecule has 0 aromatic carbocycles. The molecule has 110 valence electrons. The van der Waals surface area contributed by atoms with Gasteiger partial charge in [-0.15, -0.1) is 0 Å². The molecule has 3 heteroatoms. The van der Waals surface area contributed by atoms with Crippen LogP contribution in [0.1, 0.15) is 58.8 Å². The van der Waals surface area contributed by atoms with Crippen LogP contribution in [0.15, 0.2) is 0 Å². The first-order valence-electron chi connectivity index (χ1n) is 8.27. The predicted octanol–water partition coefficient (Wildman–Crippen LogP) is 2.55. The summed E-state index contributed by atoms with van der Waals surface area (Å²) in [5, 5.41) is 3.90. The molecule has 3 aliphatic rings. The van der Waals surface area contributed by atoms with Crippen LogP contribution >= 0.6 is 0 Å². The summed E-state index contributed by atoms with van der Waals surface area (Å²) in [7, 11) is 0. The van der Waals surface area contributed by atoms with Gasteiger partial charge in [0.2, 0.25) is 0 Å². The van der Waals surface area contributed by atoms with Gasteiger partial charge in [-0.25, -0.2) is 0 Å². The molecule has 2 aliphatic heterocycles. The Morgan fingerprint density at radius 1 is 1.21 bits per heavy atom. The zero-order chi connectivity index (χ0) is 13.3. The van der Waals surface area contributed by atoms with E-state index in [-0.39, 0.29) is 5.54 Å². The molecular formula is C16H30N2O. The summed E-state index contributed by atoms with van der Waals surface area (Å²) in [6.07, 6.45) is 9.34. The van der Waals surface area contributed by atoms with E-state index >= 15 is 0 Å². The summed E-state index contributed by atoms with van der Waals surface area (Å²) < 4.78 is 5.82. The lowest BCUT2D eigenvalue weighted by Gasteiger charge is -2.54. The second kappa shape index (κ2) is 5.34. The van der Waals surface area contributed by atoms with Crippen molar-refractivity contribution in [1.29, 1.82) is 0 Å². The average molecular weight is 266 g/mol. The highest BCUT2D eigenvalue weighted by Gasteiger charge is 2.46. The van der Waals surface area contributed by atoms with E-state index in [1.165, 1.54) is 58.0 Å². The summed E-state index contributed by atoms with van der Waals surface area (Å²) in [6, 6.07) is 0.693. The second-order valence-electron chi connectivity index (χ2n) is 7.21. The number of hydrogen-bond acceptors (Lipinski definition) is 3. The van der Waals surface area contributed by atoms with Gasteiger partial charge in [-0.2, -0.15) is 0 Å². The third kappa shape index (κ3) is 2.57. The Morgan fingerprint density at radius 2 is 2.00 bits per heavy atom. The van der Waals surface area contributed by atoms with Crippen molar-refractivity contribution in [1.82, 2.24) is 10.2 Å². The van der Waals surface area contributed by atoms with Crippen molar-refractivity contribution in [3.8, 4) is 0 Å². The fourth-order valence-electron chi connectivity index (χ4n) is 4.48. The number of nitrogens with one attached hydrogen (secondary N) is 1. The lowest BCUT2D eigenvalue weighted by atomic mass is 9.84. The molecule has 2 saturated heterocycles. The highest BCUT2D eigenvalue weighted by molar-refractivity contribution is 5.05. The zero-order valence-corrected chi connectivity index (χ0v) is 12.7. The standard InChI is InChI=1S/C16H30N2O/c1-3-14-11-17-16(8-4-5-9-16)12-18(14)15(2)7-6-10-19-13-15/h14,17H,3-13H2,1-2H3. The Balaban J connectivity index is 1.78. The van der Waals surface area contributed by atoms with Gasteiger partial charge in [0.05, 0.1) is 6.61 Å². The molecule has 0 aromatic rings. The number of ether oxygens (including phenoxy) is 1. The molecule has 1 aliphatic carbocycles. The number of hydrogen-bond donors (Lipinski definition) is 1. The lowest BCUT2D eigenvalue weighted by molar-refractivity contribution is -0.0834. The van der Waals surface area contributed by atoms with Gasteiger partial charge in [0, 0.05) is 36.8 Å². The van der Waals surface area contributed by atoms with Gasteiger partial charge in [-0.3, -0.25) is 4.90 Å². The highest BCUT2D eigenvalue weighted by atomic mass is 16.5. The van der Waals surface area contributed by atoms with E-state index in [4.69, 9.17) is 4.74 Å². The van der Waals surface area contributed by atoms with Crippen LogP contribution in [-0.2, 0) is 4.74 Å². The lowest BCUT2D eigenvalue weighted by Crippen LogP contribution is -2.69. The first-order valence-corrected chi connectivity index (χ1v) is 8.27. The quantitative estimate of drug-likeness (QED) is 0.831. The Hall–Kier alpha value is -0.120. The maximum atomic E-state index is 5.82. The van der Waals surface area contributed by atoms with Crippen molar-refractivity contribution in [2.24, 2.45) is 0 Å². The second-order valence-corrected chi connectivity index (χ2v) is 7.21. The van der Waals surface area contributed by atoms with Gasteiger partial charge in [-0.1, -0.05) is 19.8 Å². The van der Waals surface area contributed by atoms with Crippen LogP contribution < -0.4 is 5.32 Å². The summed E-state index contributed by atoms with van der Waals surface area (Å²) in [4.78, 5) is 2.81. The maximum Gasteiger partial charge on any atom is 0.0647 e. The monoisotopic (exact) mass is 266 g/mol. The normalized spacial score (nSPS) is 39.8. The topological polar surface area (TPSA) is 24.5 Å². The van der Waals surface area contributed by atoms with E-state index in [2.05, 4.69) is 24.1 Å². The van der Waals surface area contributed by atoms with Crippen molar-refractivity contribution >= 4 is 0 Å². The minimum atomic E-state index is 0.274. The smallest absolute Gasteiger partial charge is 0.0647 e. The SMILES string of the molecule is CCC1CNC2(CCCC2)CN1C1(C)CCCOC1. The van der Waals surface area contributed by atoms with Crippen molar-refractivity contribution in [2.75, 3.05) is 26.3 Å². The van der Waals surface area contributed by atoms with E-state index in [0.29, 0.717) is 11.6 Å². The number of nitrogens with zero attached hydrogens (tertiary/aromatic N) is 1. The molecule has 2 heterocycles. The van der Waals surface area contributed by atoms with E-state index in [1.54, 1.807) is 0 Å². The van der Waals surface area contributed by atoms with Gasteiger partial charge in [0.15, 0.2) is 0 Å². The molecule has 0 radical (unpaired) electrons. The Kier molecular flexibility index (Phi) is 3.89. The van der Waals surface area contributed by atoms with E-state index < -0.39 is 0 Å². The summed E-state index contributed by atoms with van der Waals surface area (Å²) in [5.41, 5.74) is 0.697. The van der Waals surface area contributed by atoms with E-state index in [1.807, 2.05) is 0 Å². The average Bonchev–Trinajstić information content (AvgIpc) is 2.88. The van der Waals surface area contributed by atoms with Crippen molar-refractivity contribution in [2.45, 2.75) is 75.9 Å². The third-order valence-corrected chi connectivity index (χ3v) is 5.77. The van der Waals surface area contributed by atoms with Gasteiger partial charge in [0.1, 0.15) is 0 Å². The van der Waals surface area contributed by atoms with Gasteiger partial charge in [0.25, 0.3) is 0 Å². The summed E-state index contributed by atoms with van der Waals surface area (Å²) >= 11 is 0. The Labute approximate surface area is 118 Å². The van der Waals surface area contributed by atoms with Crippen LogP contribution in [0.2, 0.25) is 0 Å². The van der Waals surface area contributed by atoms with Crippen LogP contribution in [0, 0.1) is 0 Å². The maximum absolute atomic E-state index is 5.82. The molecule has 3 rings (SSSR count). The van der Waals surface area contributed by atoms with Crippen LogP contribution in [0.5, 0.6) is 0 Å². The first kappa shape index (κ1) is 13.8. The largest absolute Gasteiger partial charge is 0.380 e. The molecule has 3 fully saturated rings. The van der Waals surface area contributed by atoms with Crippen molar-refractivity contribution in [3.63, 3.8) is 0 Å². The molecule has 19 heavy (non-hydrogen) atoms. The molecule has 0 aromatic heterocycles. The Morgan fingerprint density at radius 3 is 2.63 bits per heavy atom. The molecular weight excluding hydrogens is 236 g/mol. The number of rotatable bonds is 2. The first-order chi connectivity index (χ1) is 9.18. The molecule has 1 N–H and O–H groups in total. The zero-order valence-electron chi connectivity index (χ0n) is 12.7. The van der Waals surface area contributed by atoms with Crippen LogP contribution in [0.25, 0.3) is 0 Å². The highest BCUT2D eigenvalue weighted by Crippen LogP contribution is 2.38. The minimum absolute atomic E-state index is 0.274. The minimum Gasteiger partial charge on any atom is -0.380 e. The van der Waals surface area contributed by atoms with Crippen molar-refractivity contribution in [3.05, 3.63) is 0 Å². The summed E-state index contributed by atoms with van der Waals surface area (Å²) in [6.45, 7) is 9.07. The van der Waals surface area contributed by atoms with Crippen LogP contribution in [0.3, 0.4) is 0 Å². The molecule has 0 bridgehead atoms. The predicted molar refractivity (Wildman–Crippen MR) is 78.4 cm³/mol. The molecule has 2 unspecified atom stereocenters. The molecule has 2 atom stereocenters. The van der Waals surface area contributed by atoms with Gasteiger partial charge < -0.3 is 10.1 Å². The fourth-order valence-corrected chi connectivity index (χ4v) is 4.48. The number of piperazine rings is 1. The summed E-state index contributed by atoms with van der Waals surface area (Å²) in [5.74, 6) is 0. The molecule has 3 nitrogen and oxygen atoms in total. The third-order valence-electron chi connectivity index (χ3n) is 5.77. The molecule has 0 amide bonds. The van der Waals surface area contributed by atoms with E-state index in [0.717, 1.165) is 13.2 Å². The van der Waals surface area contributed by atoms with Gasteiger partial charge >= 0.3 is 0 Å².